The molecule has 0 amide bonds. The number of benzene rings is 1. The molecule has 1 atom stereocenters. The van der Waals surface area contributed by atoms with E-state index >= 15 is 0 Å². The Morgan fingerprint density at radius 1 is 1.21 bits per heavy atom. The molecule has 150 valence electrons. The molecule has 0 spiro atoms. The van der Waals surface area contributed by atoms with Gasteiger partial charge in [0.05, 0.1) is 10.9 Å². The molecule has 1 aromatic carbocycles. The number of alkyl halides is 2. The summed E-state index contributed by atoms with van der Waals surface area (Å²) in [6.07, 6.45) is 0. The second-order valence-corrected chi connectivity index (χ2v) is 7.85. The van der Waals surface area contributed by atoms with Gasteiger partial charge >= 0.3 is 6.61 Å². The lowest BCUT2D eigenvalue weighted by Gasteiger charge is -2.37. The zero-order valence-corrected chi connectivity index (χ0v) is 16.4. The molecule has 7 nitrogen and oxygen atoms in total. The first-order valence-electron chi connectivity index (χ1n) is 8.95. The quantitative estimate of drug-likeness (QED) is 0.699. The highest BCUT2D eigenvalue weighted by Gasteiger charge is 2.31. The SMILES string of the molecule is Cc1nc2sc([C@@H](c3cccc(OC(F)F)c3)N3CCN(C)CC3)c(O)n2n1. The van der Waals surface area contributed by atoms with E-state index in [-0.39, 0.29) is 17.7 Å². The van der Waals surface area contributed by atoms with Gasteiger partial charge in [-0.1, -0.05) is 23.5 Å². The zero-order valence-electron chi connectivity index (χ0n) is 15.5. The molecule has 1 fully saturated rings. The van der Waals surface area contributed by atoms with Crippen molar-refractivity contribution in [2.45, 2.75) is 19.6 Å². The highest BCUT2D eigenvalue weighted by atomic mass is 32.1. The van der Waals surface area contributed by atoms with Gasteiger partial charge in [-0.25, -0.2) is 4.98 Å². The van der Waals surface area contributed by atoms with Crippen LogP contribution < -0.4 is 4.74 Å². The normalized spacial score (nSPS) is 17.5. The summed E-state index contributed by atoms with van der Waals surface area (Å²) in [6.45, 7) is 2.21. The summed E-state index contributed by atoms with van der Waals surface area (Å²) in [4.78, 5) is 10.1. The monoisotopic (exact) mass is 409 g/mol. The molecule has 4 rings (SSSR count). The van der Waals surface area contributed by atoms with Gasteiger partial charge in [-0.05, 0) is 31.7 Å². The van der Waals surface area contributed by atoms with Crippen LogP contribution in [0.2, 0.25) is 0 Å². The maximum atomic E-state index is 12.7. The number of hydrogen-bond donors (Lipinski definition) is 1. The Kier molecular flexibility index (Phi) is 5.17. The van der Waals surface area contributed by atoms with E-state index in [1.54, 1.807) is 19.1 Å². The Morgan fingerprint density at radius 3 is 2.64 bits per heavy atom. The summed E-state index contributed by atoms with van der Waals surface area (Å²) in [5.41, 5.74) is 0.777. The van der Waals surface area contributed by atoms with E-state index in [9.17, 15) is 13.9 Å². The fraction of sp³-hybridized carbons (Fsp3) is 0.444. The third-order valence-electron chi connectivity index (χ3n) is 4.86. The van der Waals surface area contributed by atoms with Crippen LogP contribution in [0.25, 0.3) is 4.96 Å². The minimum absolute atomic E-state index is 0.0321. The average molecular weight is 409 g/mol. The number of fused-ring (bicyclic) bond motifs is 1. The highest BCUT2D eigenvalue weighted by molar-refractivity contribution is 7.17. The number of nitrogens with zero attached hydrogens (tertiary/aromatic N) is 5. The molecule has 1 saturated heterocycles. The largest absolute Gasteiger partial charge is 0.492 e. The number of thiazole rings is 1. The van der Waals surface area contributed by atoms with E-state index in [0.29, 0.717) is 15.7 Å². The van der Waals surface area contributed by atoms with E-state index in [1.807, 2.05) is 6.07 Å². The van der Waals surface area contributed by atoms with Crippen LogP contribution in [0.3, 0.4) is 0 Å². The molecule has 3 aromatic rings. The Bertz CT molecular complexity index is 968. The van der Waals surface area contributed by atoms with Gasteiger partial charge in [0.15, 0.2) is 0 Å². The van der Waals surface area contributed by atoms with Gasteiger partial charge in [0.1, 0.15) is 11.6 Å². The Labute approximate surface area is 164 Å². The number of piperazine rings is 1. The molecule has 0 bridgehead atoms. The van der Waals surface area contributed by atoms with Crippen LogP contribution in [0.5, 0.6) is 11.6 Å². The van der Waals surface area contributed by atoms with E-state index in [0.717, 1.165) is 31.7 Å². The third-order valence-corrected chi connectivity index (χ3v) is 5.93. The van der Waals surface area contributed by atoms with Crippen LogP contribution in [0.15, 0.2) is 24.3 Å². The summed E-state index contributed by atoms with van der Waals surface area (Å²) in [7, 11) is 2.06. The van der Waals surface area contributed by atoms with Crippen molar-refractivity contribution in [1.29, 1.82) is 0 Å². The van der Waals surface area contributed by atoms with Gasteiger partial charge in [0, 0.05) is 26.2 Å². The Hall–Kier alpha value is -2.30. The molecule has 1 aliphatic heterocycles. The predicted octanol–water partition coefficient (Wildman–Crippen LogP) is 2.74. The minimum Gasteiger partial charge on any atom is -0.492 e. The standard InChI is InChI=1S/C18H21F2N5O2S/c1-11-21-18-25(22-11)16(26)15(28-18)14(24-8-6-23(2)7-9-24)12-4-3-5-13(10-12)27-17(19)20/h3-5,10,14,17,26H,6-9H2,1-2H3/t14-/m1/s1. The van der Waals surface area contributed by atoms with Gasteiger partial charge in [-0.15, -0.1) is 5.10 Å². The number of ether oxygens (including phenoxy) is 1. The first-order valence-corrected chi connectivity index (χ1v) is 9.76. The molecule has 2 aromatic heterocycles. The molecule has 0 saturated carbocycles. The summed E-state index contributed by atoms with van der Waals surface area (Å²) < 4.78 is 31.4. The highest BCUT2D eigenvalue weighted by Crippen LogP contribution is 2.41. The molecular formula is C18H21F2N5O2S. The minimum atomic E-state index is -2.89. The summed E-state index contributed by atoms with van der Waals surface area (Å²) in [5.74, 6) is 0.711. The summed E-state index contributed by atoms with van der Waals surface area (Å²) in [5, 5.41) is 15.1. The van der Waals surface area contributed by atoms with E-state index in [2.05, 4.69) is 31.7 Å². The molecule has 28 heavy (non-hydrogen) atoms. The zero-order chi connectivity index (χ0) is 19.8. The average Bonchev–Trinajstić information content (AvgIpc) is 3.15. The van der Waals surface area contributed by atoms with Crippen LogP contribution in [0, 0.1) is 6.92 Å². The number of rotatable bonds is 5. The molecule has 3 heterocycles. The summed E-state index contributed by atoms with van der Waals surface area (Å²) >= 11 is 1.36. The van der Waals surface area contributed by atoms with E-state index in [4.69, 9.17) is 0 Å². The smallest absolute Gasteiger partial charge is 0.387 e. The second-order valence-electron chi connectivity index (χ2n) is 6.84. The van der Waals surface area contributed by atoms with E-state index in [1.165, 1.54) is 21.9 Å². The van der Waals surface area contributed by atoms with Crippen molar-refractivity contribution in [3.05, 3.63) is 40.5 Å². The first kappa shape index (κ1) is 19.0. The van der Waals surface area contributed by atoms with Gasteiger partial charge in [0.25, 0.3) is 0 Å². The van der Waals surface area contributed by atoms with Crippen molar-refractivity contribution < 1.29 is 18.6 Å². The van der Waals surface area contributed by atoms with Crippen molar-refractivity contribution >= 4 is 16.3 Å². The number of hydrogen-bond acceptors (Lipinski definition) is 7. The number of aryl methyl sites for hydroxylation is 1. The topological polar surface area (TPSA) is 66.1 Å². The summed E-state index contributed by atoms with van der Waals surface area (Å²) in [6, 6.07) is 6.36. The van der Waals surface area contributed by atoms with Crippen LogP contribution in [-0.2, 0) is 0 Å². The van der Waals surface area contributed by atoms with Crippen LogP contribution in [0.1, 0.15) is 22.3 Å². The lowest BCUT2D eigenvalue weighted by Crippen LogP contribution is -2.46. The number of aromatic nitrogens is 3. The van der Waals surface area contributed by atoms with E-state index < -0.39 is 6.61 Å². The molecule has 1 aliphatic rings. The molecule has 1 N–H and O–H groups in total. The third kappa shape index (κ3) is 3.67. The van der Waals surface area contributed by atoms with Crippen molar-refractivity contribution in [1.82, 2.24) is 24.4 Å². The van der Waals surface area contributed by atoms with Gasteiger partial charge < -0.3 is 14.7 Å². The molecular weight excluding hydrogens is 388 g/mol. The van der Waals surface area contributed by atoms with Gasteiger partial charge in [-0.2, -0.15) is 13.3 Å². The second kappa shape index (κ2) is 7.61. The van der Waals surface area contributed by atoms with Crippen molar-refractivity contribution in [3.8, 4) is 11.6 Å². The Balaban J connectivity index is 1.77. The fourth-order valence-electron chi connectivity index (χ4n) is 3.50. The number of aromatic hydroxyl groups is 1. The number of halogens is 2. The molecule has 0 aliphatic carbocycles. The molecule has 0 radical (unpaired) electrons. The van der Waals surface area contributed by atoms with Crippen molar-refractivity contribution in [3.63, 3.8) is 0 Å². The number of likely N-dealkylation sites (N-methyl/N-ethyl adjacent to an activating group) is 1. The predicted molar refractivity (Wildman–Crippen MR) is 101 cm³/mol. The van der Waals surface area contributed by atoms with Crippen LogP contribution >= 0.6 is 11.3 Å². The maximum Gasteiger partial charge on any atom is 0.387 e. The van der Waals surface area contributed by atoms with Crippen molar-refractivity contribution in [2.75, 3.05) is 33.2 Å². The van der Waals surface area contributed by atoms with Gasteiger partial charge in [-0.3, -0.25) is 4.90 Å². The Morgan fingerprint density at radius 2 is 1.96 bits per heavy atom. The lowest BCUT2D eigenvalue weighted by molar-refractivity contribution is -0.0499. The van der Waals surface area contributed by atoms with Crippen LogP contribution in [-0.4, -0.2) is 69.3 Å². The fourth-order valence-corrected chi connectivity index (χ4v) is 4.66. The first-order chi connectivity index (χ1) is 13.4. The molecule has 0 unspecified atom stereocenters. The van der Waals surface area contributed by atoms with Gasteiger partial charge in [0.2, 0.25) is 10.8 Å². The van der Waals surface area contributed by atoms with Crippen molar-refractivity contribution in [2.24, 2.45) is 0 Å². The molecule has 10 heteroatoms. The van der Waals surface area contributed by atoms with Crippen LogP contribution in [0.4, 0.5) is 8.78 Å². The lowest BCUT2D eigenvalue weighted by atomic mass is 10.0. The maximum absolute atomic E-state index is 12.7.